The predicted octanol–water partition coefficient (Wildman–Crippen LogP) is 12.3. The lowest BCUT2D eigenvalue weighted by Gasteiger charge is -2.13. The van der Waals surface area contributed by atoms with E-state index >= 15 is 0 Å². The minimum atomic E-state index is 1.24. The van der Waals surface area contributed by atoms with Crippen LogP contribution in [0.5, 0.6) is 0 Å². The molecule has 0 saturated heterocycles. The van der Waals surface area contributed by atoms with Gasteiger partial charge in [0.2, 0.25) is 0 Å². The van der Waals surface area contributed by atoms with Crippen LogP contribution >= 0.6 is 22.7 Å². The third kappa shape index (κ3) is 2.73. The fraction of sp³-hybridized carbons (Fsp3) is 0. The second kappa shape index (κ2) is 7.90. The Labute approximate surface area is 254 Å². The maximum absolute atomic E-state index is 2.51. The van der Waals surface area contributed by atoms with Gasteiger partial charge in [-0.2, -0.15) is 0 Å². The summed E-state index contributed by atoms with van der Waals surface area (Å²) < 4.78 is 7.94. The molecule has 0 radical (unpaired) electrons. The minimum Gasteiger partial charge on any atom is -0.309 e. The first-order valence-electron chi connectivity index (χ1n) is 14.7. The van der Waals surface area contributed by atoms with E-state index in [1.54, 1.807) is 0 Å². The number of hydrogen-bond donors (Lipinski definition) is 0. The molecule has 0 spiro atoms. The summed E-state index contributed by atoms with van der Waals surface area (Å²) >= 11 is 3.81. The van der Waals surface area contributed by atoms with Gasteiger partial charge in [-0.05, 0) is 64.0 Å². The molecule has 1 aliphatic rings. The van der Waals surface area contributed by atoms with Gasteiger partial charge >= 0.3 is 0 Å². The molecule has 0 aliphatic heterocycles. The van der Waals surface area contributed by atoms with Gasteiger partial charge in [0.15, 0.2) is 0 Å². The Morgan fingerprint density at radius 1 is 0.372 bits per heavy atom. The summed E-state index contributed by atoms with van der Waals surface area (Å²) in [6, 6.07) is 47.6. The molecule has 0 fully saturated rings. The van der Waals surface area contributed by atoms with Crippen molar-refractivity contribution in [1.82, 2.24) is 4.57 Å². The molecule has 11 rings (SSSR count). The Morgan fingerprint density at radius 3 is 2.02 bits per heavy atom. The standard InChI is InChI=1S/C40H21NS2/c1-4-13-30-27(9-1)38-32(20-17-25-22-8-2-5-14-33(22)43-40(25)38)41(30)31-19-16-23-24-18-21-35-39(28-10-3-6-15-34(28)42-35)37(24)29-12-7-11-26(31)36(23)29/h1-21H. The van der Waals surface area contributed by atoms with Crippen LogP contribution in [0.25, 0.3) is 101 Å². The Hall–Kier alpha value is -4.96. The van der Waals surface area contributed by atoms with Gasteiger partial charge in [-0.1, -0.05) is 91.0 Å². The molecule has 43 heavy (non-hydrogen) atoms. The number of aromatic nitrogens is 1. The van der Waals surface area contributed by atoms with Crippen molar-refractivity contribution in [2.45, 2.75) is 0 Å². The molecular weight excluding hydrogens is 559 g/mol. The van der Waals surface area contributed by atoms with Crippen molar-refractivity contribution in [2.24, 2.45) is 0 Å². The van der Waals surface area contributed by atoms with Gasteiger partial charge in [-0.25, -0.2) is 0 Å². The summed E-state index contributed by atoms with van der Waals surface area (Å²) in [7, 11) is 0. The molecule has 0 atom stereocenters. The molecule has 3 heteroatoms. The van der Waals surface area contributed by atoms with Gasteiger partial charge in [-0.15, -0.1) is 22.7 Å². The topological polar surface area (TPSA) is 4.93 Å². The molecule has 1 aliphatic carbocycles. The van der Waals surface area contributed by atoms with Crippen LogP contribution in [0, 0.1) is 0 Å². The number of fused-ring (bicyclic) bond motifs is 14. The fourth-order valence-corrected chi connectivity index (χ4v) is 10.2. The van der Waals surface area contributed by atoms with Crippen LogP contribution in [-0.2, 0) is 0 Å². The van der Waals surface area contributed by atoms with Gasteiger partial charge in [-0.3, -0.25) is 0 Å². The van der Waals surface area contributed by atoms with E-state index in [1.807, 2.05) is 22.7 Å². The van der Waals surface area contributed by atoms with E-state index in [0.29, 0.717) is 0 Å². The first-order valence-corrected chi connectivity index (χ1v) is 16.3. The Morgan fingerprint density at radius 2 is 1.12 bits per heavy atom. The van der Waals surface area contributed by atoms with Crippen LogP contribution in [0.1, 0.15) is 0 Å². The van der Waals surface area contributed by atoms with Crippen LogP contribution in [0.4, 0.5) is 0 Å². The monoisotopic (exact) mass is 579 g/mol. The minimum absolute atomic E-state index is 1.24. The van der Waals surface area contributed by atoms with Crippen molar-refractivity contribution >= 4 is 95.6 Å². The molecule has 1 nitrogen and oxygen atoms in total. The lowest BCUT2D eigenvalue weighted by atomic mass is 9.98. The molecule has 0 amide bonds. The molecule has 3 aromatic heterocycles. The molecule has 0 bridgehead atoms. The van der Waals surface area contributed by atoms with E-state index in [1.165, 1.54) is 101 Å². The van der Waals surface area contributed by atoms with Gasteiger partial charge in [0.05, 0.1) is 16.7 Å². The van der Waals surface area contributed by atoms with Gasteiger partial charge < -0.3 is 4.57 Å². The Bertz CT molecular complexity index is 2840. The summed E-state index contributed by atoms with van der Waals surface area (Å²) in [4.78, 5) is 0. The number of hydrogen-bond acceptors (Lipinski definition) is 2. The number of nitrogens with zero attached hydrogens (tertiary/aromatic N) is 1. The molecule has 198 valence electrons. The van der Waals surface area contributed by atoms with Crippen molar-refractivity contribution in [1.29, 1.82) is 0 Å². The zero-order chi connectivity index (χ0) is 27.8. The third-order valence-electron chi connectivity index (χ3n) is 9.54. The molecule has 7 aromatic carbocycles. The summed E-state index contributed by atoms with van der Waals surface area (Å²) in [6.45, 7) is 0. The SMILES string of the molecule is c1ccc2c(c1)sc1c2ccc2c1c1ccccc1n2-c1ccc2c3c(cccc13)-c1c-2ccc2sc3ccccc3c12. The zero-order valence-corrected chi connectivity index (χ0v) is 24.5. The van der Waals surface area contributed by atoms with Crippen molar-refractivity contribution in [2.75, 3.05) is 0 Å². The van der Waals surface area contributed by atoms with Crippen molar-refractivity contribution < 1.29 is 0 Å². The quantitative estimate of drug-likeness (QED) is 0.182. The average Bonchev–Trinajstić information content (AvgIpc) is 3.79. The maximum Gasteiger partial charge on any atom is 0.0556 e. The third-order valence-corrected chi connectivity index (χ3v) is 11.9. The van der Waals surface area contributed by atoms with Crippen LogP contribution in [0.2, 0.25) is 0 Å². The largest absolute Gasteiger partial charge is 0.309 e. The number of benzene rings is 7. The highest BCUT2D eigenvalue weighted by molar-refractivity contribution is 7.27. The van der Waals surface area contributed by atoms with Crippen LogP contribution in [0.3, 0.4) is 0 Å². The normalized spacial score (nSPS) is 12.7. The van der Waals surface area contributed by atoms with E-state index in [4.69, 9.17) is 0 Å². The molecular formula is C40H21NS2. The smallest absolute Gasteiger partial charge is 0.0556 e. The highest BCUT2D eigenvalue weighted by atomic mass is 32.1. The van der Waals surface area contributed by atoms with Crippen LogP contribution < -0.4 is 0 Å². The molecule has 0 N–H and O–H groups in total. The Balaban J connectivity index is 1.27. The molecule has 10 aromatic rings. The number of thiophene rings is 2. The molecule has 0 saturated carbocycles. The van der Waals surface area contributed by atoms with Crippen LogP contribution in [-0.4, -0.2) is 4.57 Å². The molecule has 0 unspecified atom stereocenters. The number of para-hydroxylation sites is 1. The second-order valence-corrected chi connectivity index (χ2v) is 13.7. The summed E-state index contributed by atoms with van der Waals surface area (Å²) in [5.74, 6) is 0. The lowest BCUT2D eigenvalue weighted by Crippen LogP contribution is -1.95. The van der Waals surface area contributed by atoms with E-state index in [-0.39, 0.29) is 0 Å². The van der Waals surface area contributed by atoms with Gasteiger partial charge in [0.25, 0.3) is 0 Å². The first-order chi connectivity index (χ1) is 21.3. The summed E-state index contributed by atoms with van der Waals surface area (Å²) in [6.07, 6.45) is 0. The van der Waals surface area contributed by atoms with Gasteiger partial charge in [0, 0.05) is 56.5 Å². The van der Waals surface area contributed by atoms with Gasteiger partial charge in [0.1, 0.15) is 0 Å². The van der Waals surface area contributed by atoms with Crippen molar-refractivity contribution in [3.63, 3.8) is 0 Å². The Kier molecular flexibility index (Phi) is 4.15. The van der Waals surface area contributed by atoms with Crippen LogP contribution in [0.15, 0.2) is 127 Å². The second-order valence-electron chi connectivity index (χ2n) is 11.6. The van der Waals surface area contributed by atoms with E-state index < -0.39 is 0 Å². The maximum atomic E-state index is 2.51. The lowest BCUT2D eigenvalue weighted by molar-refractivity contribution is 1.20. The van der Waals surface area contributed by atoms with Crippen molar-refractivity contribution in [3.8, 4) is 27.9 Å². The predicted molar refractivity (Wildman–Crippen MR) is 188 cm³/mol. The fourth-order valence-electron chi connectivity index (χ4n) is 7.83. The first kappa shape index (κ1) is 22.6. The average molecular weight is 580 g/mol. The van der Waals surface area contributed by atoms with Crippen molar-refractivity contribution in [3.05, 3.63) is 127 Å². The number of rotatable bonds is 1. The van der Waals surface area contributed by atoms with E-state index in [2.05, 4.69) is 132 Å². The van der Waals surface area contributed by atoms with E-state index in [9.17, 15) is 0 Å². The zero-order valence-electron chi connectivity index (χ0n) is 22.9. The van der Waals surface area contributed by atoms with E-state index in [0.717, 1.165) is 0 Å². The summed E-state index contributed by atoms with van der Waals surface area (Å²) in [5, 5.41) is 10.8. The highest BCUT2D eigenvalue weighted by Gasteiger charge is 2.27. The molecule has 3 heterocycles. The highest BCUT2D eigenvalue weighted by Crippen LogP contribution is 2.54. The summed E-state index contributed by atoms with van der Waals surface area (Å²) in [5.41, 5.74) is 9.20.